The van der Waals surface area contributed by atoms with E-state index in [1.165, 1.54) is 30.0 Å². The number of aliphatic hydroxyl groups is 1. The van der Waals surface area contributed by atoms with Crippen LogP contribution in [0.5, 0.6) is 5.75 Å². The first-order valence-electron chi connectivity index (χ1n) is 13.7. The fourth-order valence-corrected chi connectivity index (χ4v) is 5.97. The monoisotopic (exact) mass is 626 g/mol. The standard InChI is InChI=1S/C27H37F2N6O7P/c1-8-34(7)21-20-22(32-18(5)31-21)35(15-30-20)25-26(6,28)24(37)27(29,41-25)14-39-43(38,42-19-12-10-9-11-13-19)33-17(4)23(36)40-16(2)3/h9-13,15-17,24-25,37H,8,14H2,1-7H3,(H,33,38)/t17-,24-,25+,26+,27+,43-/m0/s1. The lowest BCUT2D eigenvalue weighted by molar-refractivity contribution is -0.202. The molecule has 1 aliphatic heterocycles. The first-order chi connectivity index (χ1) is 20.1. The summed E-state index contributed by atoms with van der Waals surface area (Å²) in [4.78, 5) is 27.3. The van der Waals surface area contributed by atoms with E-state index in [0.717, 1.165) is 6.92 Å². The zero-order chi connectivity index (χ0) is 31.7. The van der Waals surface area contributed by atoms with Gasteiger partial charge in [-0.3, -0.25) is 13.9 Å². The highest BCUT2D eigenvalue weighted by Crippen LogP contribution is 2.52. The van der Waals surface area contributed by atoms with Gasteiger partial charge in [-0.15, -0.1) is 0 Å². The number of imidazole rings is 1. The van der Waals surface area contributed by atoms with Crippen LogP contribution in [0, 0.1) is 6.92 Å². The molecule has 1 aliphatic rings. The lowest BCUT2D eigenvalue weighted by atomic mass is 9.97. The van der Waals surface area contributed by atoms with Crippen LogP contribution >= 0.6 is 7.75 Å². The lowest BCUT2D eigenvalue weighted by Crippen LogP contribution is -2.47. The van der Waals surface area contributed by atoms with Gasteiger partial charge in [0.05, 0.1) is 12.4 Å². The Morgan fingerprint density at radius 2 is 1.93 bits per heavy atom. The number of carbonyl (C=O) groups excluding carboxylic acids is 1. The van der Waals surface area contributed by atoms with Gasteiger partial charge in [0.25, 0.3) is 5.85 Å². The number of rotatable bonds is 12. The van der Waals surface area contributed by atoms with E-state index in [4.69, 9.17) is 18.5 Å². The third-order valence-corrected chi connectivity index (χ3v) is 8.42. The van der Waals surface area contributed by atoms with Gasteiger partial charge in [-0.25, -0.2) is 28.3 Å². The Kier molecular flexibility index (Phi) is 9.43. The molecule has 1 fully saturated rings. The number of aliphatic hydroxyl groups excluding tert-OH is 1. The fourth-order valence-electron chi connectivity index (χ4n) is 4.47. The first kappa shape index (κ1) is 32.7. The molecule has 0 unspecified atom stereocenters. The summed E-state index contributed by atoms with van der Waals surface area (Å²) in [5.41, 5.74) is -2.25. The molecule has 2 aromatic heterocycles. The number of benzene rings is 1. The third-order valence-electron chi connectivity index (χ3n) is 6.79. The summed E-state index contributed by atoms with van der Waals surface area (Å²) in [6.07, 6.45) is -3.40. The number of ether oxygens (including phenoxy) is 2. The van der Waals surface area contributed by atoms with Crippen LogP contribution in [-0.2, 0) is 23.4 Å². The molecule has 43 heavy (non-hydrogen) atoms. The molecule has 236 valence electrons. The Morgan fingerprint density at radius 1 is 1.26 bits per heavy atom. The highest BCUT2D eigenvalue weighted by atomic mass is 31.2. The quantitative estimate of drug-likeness (QED) is 0.221. The molecule has 0 spiro atoms. The van der Waals surface area contributed by atoms with E-state index in [9.17, 15) is 14.5 Å². The average molecular weight is 627 g/mol. The number of halogens is 2. The highest BCUT2D eigenvalue weighted by Gasteiger charge is 2.65. The summed E-state index contributed by atoms with van der Waals surface area (Å²) in [5, 5.41) is 13.3. The van der Waals surface area contributed by atoms with E-state index in [1.807, 2.05) is 11.8 Å². The number of hydrogen-bond acceptors (Lipinski definition) is 11. The van der Waals surface area contributed by atoms with Crippen molar-refractivity contribution < 1.29 is 41.8 Å². The zero-order valence-corrected chi connectivity index (χ0v) is 25.9. The van der Waals surface area contributed by atoms with Gasteiger partial charge in [-0.1, -0.05) is 18.2 Å². The molecule has 4 rings (SSSR count). The van der Waals surface area contributed by atoms with E-state index in [2.05, 4.69) is 20.0 Å². The number of carbonyl (C=O) groups is 1. The molecule has 1 aromatic carbocycles. The maximum Gasteiger partial charge on any atom is 0.459 e. The number of esters is 1. The van der Waals surface area contributed by atoms with Crippen molar-refractivity contribution in [1.29, 1.82) is 0 Å². The van der Waals surface area contributed by atoms with Crippen molar-refractivity contribution in [2.45, 2.75) is 77.5 Å². The van der Waals surface area contributed by atoms with Crippen LogP contribution in [-0.4, -0.2) is 80.6 Å². The van der Waals surface area contributed by atoms with Crippen LogP contribution < -0.4 is 14.5 Å². The van der Waals surface area contributed by atoms with Crippen LogP contribution in [0.1, 0.15) is 46.7 Å². The smallest absolute Gasteiger partial charge is 0.459 e. The van der Waals surface area contributed by atoms with Crippen LogP contribution in [0.25, 0.3) is 11.2 Å². The van der Waals surface area contributed by atoms with Gasteiger partial charge >= 0.3 is 13.7 Å². The maximum absolute atomic E-state index is 16.3. The molecule has 0 bridgehead atoms. The number of aryl methyl sites for hydroxylation is 1. The van der Waals surface area contributed by atoms with Crippen molar-refractivity contribution in [2.75, 3.05) is 25.1 Å². The Hall–Kier alpha value is -3.23. The van der Waals surface area contributed by atoms with Gasteiger partial charge in [0.1, 0.15) is 24.2 Å². The second kappa shape index (κ2) is 12.4. The molecular formula is C27H37F2N6O7P. The van der Waals surface area contributed by atoms with Gasteiger partial charge in [-0.2, -0.15) is 5.09 Å². The predicted octanol–water partition coefficient (Wildman–Crippen LogP) is 4.01. The van der Waals surface area contributed by atoms with Crippen molar-refractivity contribution in [3.8, 4) is 5.75 Å². The molecule has 16 heteroatoms. The third kappa shape index (κ3) is 6.80. The van der Waals surface area contributed by atoms with E-state index < -0.39 is 56.3 Å². The summed E-state index contributed by atoms with van der Waals surface area (Å²) >= 11 is 0. The molecule has 3 aromatic rings. The Morgan fingerprint density at radius 3 is 2.56 bits per heavy atom. The molecule has 6 atom stereocenters. The number of nitrogens with one attached hydrogen (secondary N) is 1. The molecular weight excluding hydrogens is 589 g/mol. The van der Waals surface area contributed by atoms with Crippen molar-refractivity contribution in [1.82, 2.24) is 24.6 Å². The number of para-hydroxylation sites is 1. The van der Waals surface area contributed by atoms with Crippen LogP contribution in [0.3, 0.4) is 0 Å². The summed E-state index contributed by atoms with van der Waals surface area (Å²) < 4.78 is 68.9. The number of anilines is 1. The molecule has 0 aliphatic carbocycles. The maximum atomic E-state index is 16.3. The Bertz CT molecular complexity index is 1490. The minimum atomic E-state index is -4.55. The molecule has 2 N–H and O–H groups in total. The van der Waals surface area contributed by atoms with E-state index >= 15 is 8.78 Å². The molecule has 1 saturated heterocycles. The minimum Gasteiger partial charge on any atom is -0.462 e. The zero-order valence-electron chi connectivity index (χ0n) is 25.0. The van der Waals surface area contributed by atoms with E-state index in [-0.39, 0.29) is 11.4 Å². The summed E-state index contributed by atoms with van der Waals surface area (Å²) in [6, 6.07) is 6.60. The van der Waals surface area contributed by atoms with Crippen LogP contribution in [0.4, 0.5) is 14.6 Å². The number of fused-ring (bicyclic) bond motifs is 1. The predicted molar refractivity (Wildman–Crippen MR) is 153 cm³/mol. The largest absolute Gasteiger partial charge is 0.462 e. The molecule has 0 amide bonds. The van der Waals surface area contributed by atoms with Gasteiger partial charge in [0, 0.05) is 13.6 Å². The van der Waals surface area contributed by atoms with Gasteiger partial charge in [0.15, 0.2) is 35.0 Å². The fraction of sp³-hybridized carbons (Fsp3) is 0.556. The second-order valence-corrected chi connectivity index (χ2v) is 12.4. The van der Waals surface area contributed by atoms with Crippen molar-refractivity contribution in [3.63, 3.8) is 0 Å². The number of aromatic nitrogens is 4. The van der Waals surface area contributed by atoms with Crippen molar-refractivity contribution >= 4 is 30.7 Å². The van der Waals surface area contributed by atoms with E-state index in [0.29, 0.717) is 23.7 Å². The van der Waals surface area contributed by atoms with Gasteiger partial charge in [-0.05, 0) is 53.7 Å². The summed E-state index contributed by atoms with van der Waals surface area (Å²) in [7, 11) is -2.76. The molecule has 3 heterocycles. The highest BCUT2D eigenvalue weighted by molar-refractivity contribution is 7.52. The summed E-state index contributed by atoms with van der Waals surface area (Å²) in [5.74, 6) is -3.07. The van der Waals surface area contributed by atoms with E-state index in [1.54, 1.807) is 46.0 Å². The Labute approximate surface area is 248 Å². The average Bonchev–Trinajstić information content (AvgIpc) is 3.43. The van der Waals surface area contributed by atoms with Crippen molar-refractivity contribution in [2.24, 2.45) is 0 Å². The number of hydrogen-bond donors (Lipinski definition) is 2. The summed E-state index contributed by atoms with van der Waals surface area (Å²) in [6.45, 7) is 8.50. The minimum absolute atomic E-state index is 0.0737. The normalized spacial score (nSPS) is 25.9. The lowest BCUT2D eigenvalue weighted by Gasteiger charge is -2.28. The topological polar surface area (TPSA) is 150 Å². The molecule has 0 radical (unpaired) electrons. The number of alkyl halides is 2. The Balaban J connectivity index is 1.63. The molecule has 13 nitrogen and oxygen atoms in total. The second-order valence-electron chi connectivity index (χ2n) is 10.8. The van der Waals surface area contributed by atoms with Crippen LogP contribution in [0.2, 0.25) is 0 Å². The number of nitrogens with zero attached hydrogens (tertiary/aromatic N) is 5. The molecule has 0 saturated carbocycles. The first-order valence-corrected chi connectivity index (χ1v) is 15.3. The van der Waals surface area contributed by atoms with Crippen LogP contribution in [0.15, 0.2) is 36.7 Å². The van der Waals surface area contributed by atoms with Gasteiger partial charge < -0.3 is 24.0 Å². The van der Waals surface area contributed by atoms with Gasteiger partial charge in [0.2, 0.25) is 0 Å². The van der Waals surface area contributed by atoms with Crippen molar-refractivity contribution in [3.05, 3.63) is 42.5 Å². The SMILES string of the molecule is CCN(C)c1nc(C)nc2c1ncn2[C@@H]1O[C@](F)(CO[P@@](=O)(N[C@@H](C)C(=O)OC(C)C)Oc2ccccc2)[C@@H](O)[C@@]1(C)F.